The molecule has 0 aliphatic heterocycles. The second-order valence-electron chi connectivity index (χ2n) is 5.69. The monoisotopic (exact) mass is 361 g/mol. The minimum atomic E-state index is -0.333. The van der Waals surface area contributed by atoms with Gasteiger partial charge in [-0.05, 0) is 44.9 Å². The molecule has 1 aromatic heterocycles. The van der Waals surface area contributed by atoms with E-state index in [9.17, 15) is 4.79 Å². The molecule has 1 heterocycles. The Bertz CT molecular complexity index is 824. The normalized spacial score (nSPS) is 14.9. The number of carbonyl (C=O) groups is 1. The number of hydrogen-bond acceptors (Lipinski definition) is 5. The number of thioether (sulfide) groups is 1. The summed E-state index contributed by atoms with van der Waals surface area (Å²) in [5, 5.41) is 20.8. The summed E-state index contributed by atoms with van der Waals surface area (Å²) >= 11 is 7.38. The number of amides is 1. The van der Waals surface area contributed by atoms with Gasteiger partial charge < -0.3 is 9.88 Å². The van der Waals surface area contributed by atoms with Crippen LogP contribution in [0.4, 0.5) is 5.69 Å². The zero-order chi connectivity index (χ0) is 17.3. The predicted molar refractivity (Wildman–Crippen MR) is 93.1 cm³/mol. The van der Waals surface area contributed by atoms with Crippen molar-refractivity contribution in [3.8, 4) is 6.07 Å². The van der Waals surface area contributed by atoms with Crippen molar-refractivity contribution < 1.29 is 4.79 Å². The molecule has 0 saturated heterocycles. The van der Waals surface area contributed by atoms with Crippen molar-refractivity contribution in [1.29, 1.82) is 5.26 Å². The maximum atomic E-state index is 12.4. The van der Waals surface area contributed by atoms with Crippen LogP contribution in [-0.2, 0) is 4.79 Å². The molecule has 1 amide bonds. The highest BCUT2D eigenvalue weighted by atomic mass is 35.5. The minimum absolute atomic E-state index is 0.149. The van der Waals surface area contributed by atoms with Gasteiger partial charge in [0.1, 0.15) is 11.9 Å². The summed E-state index contributed by atoms with van der Waals surface area (Å²) in [5.74, 6) is 0.732. The number of hydrogen-bond donors (Lipinski definition) is 1. The first-order chi connectivity index (χ1) is 11.5. The highest BCUT2D eigenvalue weighted by Crippen LogP contribution is 2.39. The molecule has 0 unspecified atom stereocenters. The summed E-state index contributed by atoms with van der Waals surface area (Å²) in [6.45, 7) is 3.76. The van der Waals surface area contributed by atoms with Crippen LogP contribution in [0.25, 0.3) is 0 Å². The van der Waals surface area contributed by atoms with E-state index in [2.05, 4.69) is 20.1 Å². The molecule has 1 aromatic carbocycles. The van der Waals surface area contributed by atoms with Crippen molar-refractivity contribution in [2.75, 3.05) is 5.32 Å². The molecule has 8 heteroatoms. The first-order valence-electron chi connectivity index (χ1n) is 7.58. The lowest BCUT2D eigenvalue weighted by molar-refractivity contribution is -0.115. The van der Waals surface area contributed by atoms with Crippen LogP contribution in [0.5, 0.6) is 0 Å². The van der Waals surface area contributed by atoms with Gasteiger partial charge in [0.2, 0.25) is 5.91 Å². The van der Waals surface area contributed by atoms with Crippen LogP contribution >= 0.6 is 23.4 Å². The molecule has 1 aliphatic carbocycles. The average Bonchev–Trinajstić information content (AvgIpc) is 3.31. The van der Waals surface area contributed by atoms with Crippen LogP contribution in [-0.4, -0.2) is 25.9 Å². The van der Waals surface area contributed by atoms with Gasteiger partial charge in [-0.15, -0.1) is 10.2 Å². The van der Waals surface area contributed by atoms with E-state index in [1.165, 1.54) is 11.8 Å². The molecule has 0 spiro atoms. The van der Waals surface area contributed by atoms with Gasteiger partial charge in [-0.25, -0.2) is 0 Å². The Hall–Kier alpha value is -2.04. The smallest absolute Gasteiger partial charge is 0.237 e. The standard InChI is InChI=1S/C16H16ClN5OS/c1-9(24-16-21-20-10(2)22(16)13-5-6-13)15(23)19-12-4-3-11(8-18)14(17)7-12/h3-4,7,9,13H,5-6H2,1-2H3,(H,19,23)/t9-/m1/s1. The molecule has 124 valence electrons. The number of nitrogens with one attached hydrogen (secondary N) is 1. The number of aryl methyl sites for hydroxylation is 1. The Balaban J connectivity index is 1.67. The van der Waals surface area contributed by atoms with Crippen LogP contribution in [0.1, 0.15) is 37.2 Å². The van der Waals surface area contributed by atoms with Crippen molar-refractivity contribution in [2.45, 2.75) is 43.1 Å². The maximum Gasteiger partial charge on any atom is 0.237 e. The van der Waals surface area contributed by atoms with Gasteiger partial charge in [-0.2, -0.15) is 5.26 Å². The molecule has 3 rings (SSSR count). The lowest BCUT2D eigenvalue weighted by Gasteiger charge is -2.13. The van der Waals surface area contributed by atoms with E-state index in [1.807, 2.05) is 19.9 Å². The fourth-order valence-electron chi connectivity index (χ4n) is 2.32. The van der Waals surface area contributed by atoms with Gasteiger partial charge in [0.05, 0.1) is 15.8 Å². The van der Waals surface area contributed by atoms with Crippen LogP contribution in [0.2, 0.25) is 5.02 Å². The number of nitrogens with zero attached hydrogens (tertiary/aromatic N) is 4. The molecule has 1 N–H and O–H groups in total. The topological polar surface area (TPSA) is 83.6 Å². The van der Waals surface area contributed by atoms with Crippen molar-refractivity contribution in [2.24, 2.45) is 0 Å². The van der Waals surface area contributed by atoms with Crippen LogP contribution in [0.3, 0.4) is 0 Å². The molecule has 0 bridgehead atoms. The maximum absolute atomic E-state index is 12.4. The van der Waals surface area contributed by atoms with Crippen molar-refractivity contribution in [3.63, 3.8) is 0 Å². The van der Waals surface area contributed by atoms with Crippen molar-refractivity contribution in [3.05, 3.63) is 34.6 Å². The molecular weight excluding hydrogens is 346 g/mol. The zero-order valence-electron chi connectivity index (χ0n) is 13.3. The lowest BCUT2D eigenvalue weighted by Crippen LogP contribution is -2.23. The van der Waals surface area contributed by atoms with Gasteiger partial charge in [-0.1, -0.05) is 23.4 Å². The quantitative estimate of drug-likeness (QED) is 0.823. The second kappa shape index (κ2) is 6.83. The molecule has 24 heavy (non-hydrogen) atoms. The number of rotatable bonds is 5. The molecule has 2 aromatic rings. The predicted octanol–water partition coefficient (Wildman–Crippen LogP) is 3.57. The lowest BCUT2D eigenvalue weighted by atomic mass is 10.2. The highest BCUT2D eigenvalue weighted by Gasteiger charge is 2.29. The number of carbonyl (C=O) groups excluding carboxylic acids is 1. The Morgan fingerprint density at radius 1 is 1.50 bits per heavy atom. The number of nitriles is 1. The zero-order valence-corrected chi connectivity index (χ0v) is 14.9. The first-order valence-corrected chi connectivity index (χ1v) is 8.84. The summed E-state index contributed by atoms with van der Waals surface area (Å²) in [7, 11) is 0. The summed E-state index contributed by atoms with van der Waals surface area (Å²) in [4.78, 5) is 12.4. The SMILES string of the molecule is Cc1nnc(S[C@H](C)C(=O)Nc2ccc(C#N)c(Cl)c2)n1C1CC1. The molecule has 1 atom stereocenters. The largest absolute Gasteiger partial charge is 0.325 e. The van der Waals surface area contributed by atoms with E-state index < -0.39 is 0 Å². The highest BCUT2D eigenvalue weighted by molar-refractivity contribution is 8.00. The van der Waals surface area contributed by atoms with Gasteiger partial charge in [0.15, 0.2) is 5.16 Å². The van der Waals surface area contributed by atoms with E-state index in [0.717, 1.165) is 23.8 Å². The molecular formula is C16H16ClN5OS. The van der Waals surface area contributed by atoms with E-state index in [0.29, 0.717) is 22.3 Å². The number of halogens is 1. The Morgan fingerprint density at radius 2 is 2.25 bits per heavy atom. The summed E-state index contributed by atoms with van der Waals surface area (Å²) in [5.41, 5.74) is 0.946. The van der Waals surface area contributed by atoms with E-state index in [-0.39, 0.29) is 11.2 Å². The van der Waals surface area contributed by atoms with Crippen LogP contribution in [0.15, 0.2) is 23.4 Å². The van der Waals surface area contributed by atoms with Crippen molar-refractivity contribution >= 4 is 35.0 Å². The third-order valence-electron chi connectivity index (χ3n) is 3.76. The van der Waals surface area contributed by atoms with Gasteiger partial charge in [-0.3, -0.25) is 4.79 Å². The molecule has 6 nitrogen and oxygen atoms in total. The Morgan fingerprint density at radius 3 is 2.88 bits per heavy atom. The van der Waals surface area contributed by atoms with Gasteiger partial charge in [0.25, 0.3) is 0 Å². The summed E-state index contributed by atoms with van der Waals surface area (Å²) in [6, 6.07) is 7.28. The van der Waals surface area contributed by atoms with Crippen LogP contribution in [0, 0.1) is 18.3 Å². The van der Waals surface area contributed by atoms with E-state index in [4.69, 9.17) is 16.9 Å². The van der Waals surface area contributed by atoms with Gasteiger partial charge >= 0.3 is 0 Å². The Kier molecular flexibility index (Phi) is 4.78. The first kappa shape index (κ1) is 16.8. The number of anilines is 1. The minimum Gasteiger partial charge on any atom is -0.325 e. The van der Waals surface area contributed by atoms with E-state index in [1.54, 1.807) is 18.2 Å². The fourth-order valence-corrected chi connectivity index (χ4v) is 3.51. The fraction of sp³-hybridized carbons (Fsp3) is 0.375. The van der Waals surface area contributed by atoms with E-state index >= 15 is 0 Å². The third kappa shape index (κ3) is 3.55. The summed E-state index contributed by atoms with van der Waals surface area (Å²) in [6.07, 6.45) is 2.27. The molecule has 1 aliphatic rings. The number of benzene rings is 1. The average molecular weight is 362 g/mol. The van der Waals surface area contributed by atoms with Crippen molar-refractivity contribution in [1.82, 2.24) is 14.8 Å². The molecule has 1 fully saturated rings. The Labute approximate surface area is 149 Å². The van der Waals surface area contributed by atoms with Gasteiger partial charge in [0, 0.05) is 11.7 Å². The number of aromatic nitrogens is 3. The molecule has 0 radical (unpaired) electrons. The third-order valence-corrected chi connectivity index (χ3v) is 5.13. The summed E-state index contributed by atoms with van der Waals surface area (Å²) < 4.78 is 2.10. The van der Waals surface area contributed by atoms with Crippen LogP contribution < -0.4 is 5.32 Å². The second-order valence-corrected chi connectivity index (χ2v) is 7.40. The molecule has 1 saturated carbocycles.